The molecule has 0 saturated carbocycles. The number of hydrogen-bond donors (Lipinski definition) is 1. The molecule has 0 fully saturated rings. The molecule has 0 aliphatic rings. The van der Waals surface area contributed by atoms with Crippen LogP contribution in [0.3, 0.4) is 0 Å². The third-order valence-corrected chi connectivity index (χ3v) is 5.67. The van der Waals surface area contributed by atoms with E-state index in [1.54, 1.807) is 49.7 Å². The summed E-state index contributed by atoms with van der Waals surface area (Å²) in [5, 5.41) is 9.43. The smallest absolute Gasteiger partial charge is 0.335 e. The Morgan fingerprint density at radius 2 is 1.47 bits per heavy atom. The van der Waals surface area contributed by atoms with Crippen LogP contribution >= 0.6 is 7.44 Å². The van der Waals surface area contributed by atoms with Gasteiger partial charge in [0.2, 0.25) is 7.44 Å². The van der Waals surface area contributed by atoms with Gasteiger partial charge >= 0.3 is 5.97 Å². The lowest BCUT2D eigenvalue weighted by Crippen LogP contribution is -2.28. The van der Waals surface area contributed by atoms with Crippen LogP contribution in [0.15, 0.2) is 24.3 Å². The average molecular weight is 256 g/mol. The minimum absolute atomic E-state index is 0.192. The Labute approximate surface area is 101 Å². The highest BCUT2D eigenvalue weighted by atomic mass is 31.2. The van der Waals surface area contributed by atoms with Crippen molar-refractivity contribution in [1.29, 1.82) is 0 Å². The first kappa shape index (κ1) is 13.9. The van der Waals surface area contributed by atoms with Crippen molar-refractivity contribution >= 4 is 18.7 Å². The van der Waals surface area contributed by atoms with Crippen LogP contribution in [-0.4, -0.2) is 48.6 Å². The highest BCUT2D eigenvalue weighted by Gasteiger charge is 2.30. The number of aromatic carboxylic acids is 1. The molecule has 0 heterocycles. The van der Waals surface area contributed by atoms with Crippen molar-refractivity contribution in [2.24, 2.45) is 0 Å². The van der Waals surface area contributed by atoms with Crippen molar-refractivity contribution in [1.82, 2.24) is 9.34 Å². The molecule has 1 rings (SSSR count). The van der Waals surface area contributed by atoms with Gasteiger partial charge in [-0.3, -0.25) is 4.57 Å². The number of benzene rings is 1. The fourth-order valence-corrected chi connectivity index (χ4v) is 3.79. The lowest BCUT2D eigenvalue weighted by Gasteiger charge is -2.30. The fraction of sp³-hybridized carbons (Fsp3) is 0.364. The summed E-state index contributed by atoms with van der Waals surface area (Å²) < 4.78 is 16.1. The SMILES string of the molecule is CN(C)P(=O)(c1ccc(C(=O)O)cc1)N(C)C. The van der Waals surface area contributed by atoms with Crippen LogP contribution in [0, 0.1) is 0 Å². The van der Waals surface area contributed by atoms with Crippen LogP contribution in [0.4, 0.5) is 0 Å². The van der Waals surface area contributed by atoms with Crippen LogP contribution in [0.25, 0.3) is 0 Å². The quantitative estimate of drug-likeness (QED) is 0.823. The largest absolute Gasteiger partial charge is 0.478 e. The van der Waals surface area contributed by atoms with Gasteiger partial charge in [-0.25, -0.2) is 14.1 Å². The number of rotatable bonds is 4. The van der Waals surface area contributed by atoms with Gasteiger partial charge in [-0.2, -0.15) is 0 Å². The summed E-state index contributed by atoms with van der Waals surface area (Å²) in [4.78, 5) is 10.7. The van der Waals surface area contributed by atoms with E-state index in [9.17, 15) is 9.36 Å². The van der Waals surface area contributed by atoms with Crippen molar-refractivity contribution in [3.05, 3.63) is 29.8 Å². The maximum Gasteiger partial charge on any atom is 0.335 e. The van der Waals surface area contributed by atoms with E-state index in [4.69, 9.17) is 5.11 Å². The zero-order valence-electron chi connectivity index (χ0n) is 10.4. The maximum absolute atomic E-state index is 12.8. The standard InChI is InChI=1S/C11H17N2O3P/c1-12(2)17(16,13(3)4)10-7-5-9(6-8-10)11(14)15/h5-8H,1-4H3,(H,14,15). The summed E-state index contributed by atoms with van der Waals surface area (Å²) in [6.07, 6.45) is 0. The van der Waals surface area contributed by atoms with Gasteiger partial charge in [0.1, 0.15) is 0 Å². The van der Waals surface area contributed by atoms with Gasteiger partial charge in [-0.15, -0.1) is 0 Å². The lowest BCUT2D eigenvalue weighted by atomic mass is 10.2. The molecule has 0 saturated heterocycles. The van der Waals surface area contributed by atoms with Crippen LogP contribution in [0.1, 0.15) is 10.4 Å². The predicted octanol–water partition coefficient (Wildman–Crippen LogP) is 1.33. The molecule has 0 radical (unpaired) electrons. The third-order valence-electron chi connectivity index (χ3n) is 2.53. The molecule has 0 atom stereocenters. The maximum atomic E-state index is 12.8. The predicted molar refractivity (Wildman–Crippen MR) is 68.0 cm³/mol. The monoisotopic (exact) mass is 256 g/mol. The summed E-state index contributed by atoms with van der Waals surface area (Å²) in [7, 11) is 4.18. The minimum Gasteiger partial charge on any atom is -0.478 e. The van der Waals surface area contributed by atoms with Crippen LogP contribution < -0.4 is 5.30 Å². The Hall–Kier alpha value is -1.16. The van der Waals surface area contributed by atoms with Crippen molar-refractivity contribution < 1.29 is 14.5 Å². The zero-order chi connectivity index (χ0) is 13.2. The average Bonchev–Trinajstić information content (AvgIpc) is 2.27. The molecule has 1 aromatic carbocycles. The molecule has 94 valence electrons. The highest BCUT2D eigenvalue weighted by Crippen LogP contribution is 2.47. The Morgan fingerprint density at radius 3 is 1.76 bits per heavy atom. The first-order valence-corrected chi connectivity index (χ1v) is 6.71. The molecule has 0 bridgehead atoms. The van der Waals surface area contributed by atoms with E-state index >= 15 is 0 Å². The van der Waals surface area contributed by atoms with E-state index in [1.807, 2.05) is 0 Å². The van der Waals surface area contributed by atoms with Crippen molar-refractivity contribution in [2.75, 3.05) is 28.2 Å². The second-order valence-corrected chi connectivity index (χ2v) is 7.29. The van der Waals surface area contributed by atoms with E-state index < -0.39 is 13.4 Å². The van der Waals surface area contributed by atoms with Gasteiger partial charge in [-0.05, 0) is 52.5 Å². The number of carboxylic acid groups (broad SMARTS) is 1. The molecular weight excluding hydrogens is 239 g/mol. The summed E-state index contributed by atoms with van der Waals surface area (Å²) in [5.74, 6) is -0.985. The number of carbonyl (C=O) groups is 1. The number of hydrogen-bond acceptors (Lipinski definition) is 2. The molecule has 0 spiro atoms. The van der Waals surface area contributed by atoms with Crippen molar-refractivity contribution in [3.63, 3.8) is 0 Å². The Morgan fingerprint density at radius 1 is 1.06 bits per heavy atom. The summed E-state index contributed by atoms with van der Waals surface area (Å²) >= 11 is 0. The number of nitrogens with zero attached hydrogens (tertiary/aromatic N) is 2. The van der Waals surface area contributed by atoms with E-state index in [2.05, 4.69) is 0 Å². The molecule has 0 unspecified atom stereocenters. The van der Waals surface area contributed by atoms with Gasteiger partial charge < -0.3 is 5.11 Å². The number of carboxylic acids is 1. The Bertz CT molecular complexity index is 442. The molecule has 0 aliphatic heterocycles. The summed E-state index contributed by atoms with van der Waals surface area (Å²) in [6.45, 7) is 0. The molecule has 1 aromatic rings. The molecule has 6 heteroatoms. The third kappa shape index (κ3) is 2.57. The molecule has 1 N–H and O–H groups in total. The first-order chi connectivity index (χ1) is 7.80. The van der Waals surface area contributed by atoms with Crippen LogP contribution in [0.5, 0.6) is 0 Å². The first-order valence-electron chi connectivity index (χ1n) is 5.09. The highest BCUT2D eigenvalue weighted by molar-refractivity contribution is 7.67. The normalized spacial score (nSPS) is 12.1. The molecular formula is C11H17N2O3P. The van der Waals surface area contributed by atoms with E-state index in [-0.39, 0.29) is 5.56 Å². The Kier molecular flexibility index (Phi) is 4.09. The fourth-order valence-electron chi connectivity index (χ4n) is 1.62. The molecule has 0 aliphatic carbocycles. The van der Waals surface area contributed by atoms with Crippen molar-refractivity contribution in [3.8, 4) is 0 Å². The van der Waals surface area contributed by atoms with Crippen molar-refractivity contribution in [2.45, 2.75) is 0 Å². The van der Waals surface area contributed by atoms with Gasteiger partial charge in [0.05, 0.1) is 5.56 Å². The molecule has 0 aromatic heterocycles. The minimum atomic E-state index is -2.79. The van der Waals surface area contributed by atoms with E-state index in [0.29, 0.717) is 5.30 Å². The van der Waals surface area contributed by atoms with Gasteiger partial charge in [0, 0.05) is 5.30 Å². The topological polar surface area (TPSA) is 60.9 Å². The summed E-state index contributed by atoms with van der Waals surface area (Å²) in [5.41, 5.74) is 0.192. The lowest BCUT2D eigenvalue weighted by molar-refractivity contribution is 0.0697. The van der Waals surface area contributed by atoms with E-state index in [0.717, 1.165) is 0 Å². The second kappa shape index (κ2) is 5.00. The van der Waals surface area contributed by atoms with Crippen LogP contribution in [-0.2, 0) is 4.57 Å². The summed E-state index contributed by atoms with van der Waals surface area (Å²) in [6, 6.07) is 6.14. The van der Waals surface area contributed by atoms with Gasteiger partial charge in [-0.1, -0.05) is 0 Å². The molecule has 17 heavy (non-hydrogen) atoms. The van der Waals surface area contributed by atoms with Crippen LogP contribution in [0.2, 0.25) is 0 Å². The molecule has 0 amide bonds. The Balaban J connectivity index is 3.23. The zero-order valence-corrected chi connectivity index (χ0v) is 11.3. The van der Waals surface area contributed by atoms with E-state index in [1.165, 1.54) is 12.1 Å². The van der Waals surface area contributed by atoms with Gasteiger partial charge in [0.25, 0.3) is 0 Å². The molecule has 5 nitrogen and oxygen atoms in total. The van der Waals surface area contributed by atoms with Gasteiger partial charge in [0.15, 0.2) is 0 Å². The second-order valence-electron chi connectivity index (χ2n) is 4.09.